The number of halogens is 1. The fourth-order valence-electron chi connectivity index (χ4n) is 2.00. The van der Waals surface area contributed by atoms with Gasteiger partial charge in [0.05, 0.1) is 6.61 Å². The number of hydrogen-bond donors (Lipinski definition) is 3. The molecule has 1 aromatic carbocycles. The summed E-state index contributed by atoms with van der Waals surface area (Å²) < 4.78 is 5.06. The van der Waals surface area contributed by atoms with Crippen LogP contribution in [0.5, 0.6) is 0 Å². The highest BCUT2D eigenvalue weighted by atomic mass is 35.5. The van der Waals surface area contributed by atoms with Gasteiger partial charge in [-0.05, 0) is 30.1 Å². The van der Waals surface area contributed by atoms with Crippen molar-refractivity contribution in [1.29, 1.82) is 0 Å². The van der Waals surface area contributed by atoms with Gasteiger partial charge in [-0.1, -0.05) is 11.6 Å². The highest BCUT2D eigenvalue weighted by molar-refractivity contribution is 6.62. The van der Waals surface area contributed by atoms with Crippen molar-refractivity contribution in [2.45, 2.75) is 19.6 Å². The third-order valence-corrected chi connectivity index (χ3v) is 3.37. The molecule has 106 valence electrons. The minimum absolute atomic E-state index is 0.221. The van der Waals surface area contributed by atoms with Crippen LogP contribution in [0, 0.1) is 0 Å². The van der Waals surface area contributed by atoms with Crippen molar-refractivity contribution in [2.24, 2.45) is 0 Å². The summed E-state index contributed by atoms with van der Waals surface area (Å²) >= 11 is 6.07. The molecule has 0 aromatic heterocycles. The standard InChI is InChI=1S/C12H14BClN2O4/c1-7(4-15-6-17)16-12(18)8-2-10-9(11(14)3-8)5-20-13(10)19/h2-3,6-7,19H,4-5H2,1H3,(H,15,17)(H,16,18). The first-order valence-corrected chi connectivity index (χ1v) is 6.50. The van der Waals surface area contributed by atoms with Crippen molar-refractivity contribution < 1.29 is 19.3 Å². The molecule has 8 heteroatoms. The number of benzene rings is 1. The number of carbonyl (C=O) groups is 2. The zero-order valence-electron chi connectivity index (χ0n) is 10.9. The van der Waals surface area contributed by atoms with E-state index in [0.29, 0.717) is 34.6 Å². The third kappa shape index (κ3) is 3.12. The average Bonchev–Trinajstić information content (AvgIpc) is 2.78. The second-order valence-corrected chi connectivity index (χ2v) is 5.00. The molecule has 0 aliphatic carbocycles. The lowest BCUT2D eigenvalue weighted by atomic mass is 9.78. The van der Waals surface area contributed by atoms with E-state index >= 15 is 0 Å². The van der Waals surface area contributed by atoms with Crippen LogP contribution in [0.15, 0.2) is 12.1 Å². The molecule has 1 heterocycles. The Balaban J connectivity index is 2.13. The highest BCUT2D eigenvalue weighted by Gasteiger charge is 2.30. The van der Waals surface area contributed by atoms with Crippen molar-refractivity contribution in [2.75, 3.05) is 6.54 Å². The van der Waals surface area contributed by atoms with Gasteiger partial charge in [-0.15, -0.1) is 0 Å². The van der Waals surface area contributed by atoms with Crippen molar-refractivity contribution in [3.05, 3.63) is 28.3 Å². The van der Waals surface area contributed by atoms with E-state index in [1.165, 1.54) is 6.07 Å². The Morgan fingerprint density at radius 1 is 1.65 bits per heavy atom. The van der Waals surface area contributed by atoms with Gasteiger partial charge in [-0.2, -0.15) is 0 Å². The van der Waals surface area contributed by atoms with Crippen LogP contribution in [-0.2, 0) is 16.1 Å². The minimum atomic E-state index is -1.05. The molecule has 1 atom stereocenters. The first-order chi connectivity index (χ1) is 9.52. The second-order valence-electron chi connectivity index (χ2n) is 4.59. The summed E-state index contributed by atoms with van der Waals surface area (Å²) in [4.78, 5) is 22.3. The molecule has 1 aromatic rings. The number of hydrogen-bond acceptors (Lipinski definition) is 4. The number of carbonyl (C=O) groups excluding carboxylic acids is 2. The maximum Gasteiger partial charge on any atom is 0.491 e. The Bertz CT molecular complexity index is 540. The Hall–Kier alpha value is -1.57. The predicted octanol–water partition coefficient (Wildman–Crippen LogP) is -0.578. The Kier molecular flexibility index (Phi) is 4.64. The zero-order chi connectivity index (χ0) is 14.7. The molecule has 6 nitrogen and oxygen atoms in total. The maximum atomic E-state index is 12.1. The molecule has 2 amide bonds. The first kappa shape index (κ1) is 14.8. The van der Waals surface area contributed by atoms with Gasteiger partial charge in [-0.3, -0.25) is 9.59 Å². The van der Waals surface area contributed by atoms with Gasteiger partial charge < -0.3 is 20.3 Å². The second kappa shape index (κ2) is 6.26. The van der Waals surface area contributed by atoms with Crippen LogP contribution in [0.3, 0.4) is 0 Å². The predicted molar refractivity (Wildman–Crippen MR) is 74.8 cm³/mol. The van der Waals surface area contributed by atoms with Gasteiger partial charge in [0.15, 0.2) is 0 Å². The summed E-state index contributed by atoms with van der Waals surface area (Å²) in [6, 6.07) is 2.88. The summed E-state index contributed by atoms with van der Waals surface area (Å²) in [6.45, 7) is 2.33. The molecule has 0 saturated carbocycles. The smallest absolute Gasteiger partial charge is 0.423 e. The van der Waals surface area contributed by atoms with Gasteiger partial charge in [0.25, 0.3) is 5.91 Å². The van der Waals surface area contributed by atoms with Crippen molar-refractivity contribution in [3.8, 4) is 0 Å². The van der Waals surface area contributed by atoms with Crippen molar-refractivity contribution in [3.63, 3.8) is 0 Å². The molecule has 0 bridgehead atoms. The topological polar surface area (TPSA) is 87.7 Å². The number of rotatable bonds is 5. The quantitative estimate of drug-likeness (QED) is 0.501. The van der Waals surface area contributed by atoms with Crippen LogP contribution >= 0.6 is 11.6 Å². The molecule has 0 saturated heterocycles. The monoisotopic (exact) mass is 296 g/mol. The molecular formula is C12H14BClN2O4. The van der Waals surface area contributed by atoms with Gasteiger partial charge >= 0.3 is 7.12 Å². The SMILES string of the molecule is CC(CNC=O)NC(=O)c1cc(Cl)c2c(c1)B(O)OC2. The lowest BCUT2D eigenvalue weighted by Crippen LogP contribution is -2.40. The largest absolute Gasteiger partial charge is 0.491 e. The molecule has 2 rings (SSSR count). The molecule has 1 aliphatic heterocycles. The van der Waals surface area contributed by atoms with Crippen LogP contribution < -0.4 is 16.1 Å². The van der Waals surface area contributed by atoms with E-state index in [0.717, 1.165) is 0 Å². The van der Waals surface area contributed by atoms with Crippen molar-refractivity contribution >= 4 is 36.5 Å². The zero-order valence-corrected chi connectivity index (χ0v) is 11.6. The molecule has 0 radical (unpaired) electrons. The van der Waals surface area contributed by atoms with Crippen LogP contribution in [-0.4, -0.2) is 37.0 Å². The summed E-state index contributed by atoms with van der Waals surface area (Å²) in [5.41, 5.74) is 1.56. The Morgan fingerprint density at radius 2 is 2.40 bits per heavy atom. The third-order valence-electron chi connectivity index (χ3n) is 3.03. The van der Waals surface area contributed by atoms with E-state index in [9.17, 15) is 14.6 Å². The molecule has 3 N–H and O–H groups in total. The van der Waals surface area contributed by atoms with Crippen molar-refractivity contribution in [1.82, 2.24) is 10.6 Å². The van der Waals surface area contributed by atoms with E-state index in [1.54, 1.807) is 13.0 Å². The normalized spacial score (nSPS) is 14.7. The Labute approximate surface area is 121 Å². The molecule has 0 fully saturated rings. The number of nitrogens with one attached hydrogen (secondary N) is 2. The molecular weight excluding hydrogens is 282 g/mol. The molecule has 1 aliphatic rings. The van der Waals surface area contributed by atoms with Gasteiger partial charge in [0.2, 0.25) is 6.41 Å². The summed E-state index contributed by atoms with van der Waals surface area (Å²) in [5.74, 6) is -0.325. The number of amides is 2. The van der Waals surface area contributed by atoms with Crippen LogP contribution in [0.25, 0.3) is 0 Å². The van der Waals surface area contributed by atoms with E-state index in [4.69, 9.17) is 16.3 Å². The minimum Gasteiger partial charge on any atom is -0.423 e. The van der Waals surface area contributed by atoms with E-state index in [1.807, 2.05) is 0 Å². The number of fused-ring (bicyclic) bond motifs is 1. The van der Waals surface area contributed by atoms with Gasteiger partial charge in [0.1, 0.15) is 0 Å². The van der Waals surface area contributed by atoms with Gasteiger partial charge in [-0.25, -0.2) is 0 Å². The van der Waals surface area contributed by atoms with Gasteiger partial charge in [0, 0.05) is 23.2 Å². The lowest BCUT2D eigenvalue weighted by molar-refractivity contribution is -0.109. The van der Waals surface area contributed by atoms with Crippen LogP contribution in [0.2, 0.25) is 5.02 Å². The summed E-state index contributed by atoms with van der Waals surface area (Å²) in [5, 5.41) is 15.2. The fourth-order valence-corrected chi connectivity index (χ4v) is 2.28. The lowest BCUT2D eigenvalue weighted by Gasteiger charge is -2.14. The van der Waals surface area contributed by atoms with E-state index in [-0.39, 0.29) is 18.6 Å². The highest BCUT2D eigenvalue weighted by Crippen LogP contribution is 2.21. The maximum absolute atomic E-state index is 12.1. The Morgan fingerprint density at radius 3 is 3.10 bits per heavy atom. The van der Waals surface area contributed by atoms with Crippen LogP contribution in [0.4, 0.5) is 0 Å². The molecule has 20 heavy (non-hydrogen) atoms. The molecule has 1 unspecified atom stereocenters. The average molecular weight is 297 g/mol. The van der Waals surface area contributed by atoms with E-state index < -0.39 is 7.12 Å². The summed E-state index contributed by atoms with van der Waals surface area (Å²) in [7, 11) is -1.05. The first-order valence-electron chi connectivity index (χ1n) is 6.12. The fraction of sp³-hybridized carbons (Fsp3) is 0.333. The molecule has 0 spiro atoms. The van der Waals surface area contributed by atoms with E-state index in [2.05, 4.69) is 10.6 Å². The van der Waals surface area contributed by atoms with Crippen LogP contribution in [0.1, 0.15) is 22.8 Å². The summed E-state index contributed by atoms with van der Waals surface area (Å²) in [6.07, 6.45) is 0.572.